The summed E-state index contributed by atoms with van der Waals surface area (Å²) in [6.45, 7) is 33.2. The average Bonchev–Trinajstić information content (AvgIpc) is 3.66. The number of hydrogen-bond acceptors (Lipinski definition) is 0. The number of halogens is 2. The van der Waals surface area contributed by atoms with Crippen LogP contribution in [0.3, 0.4) is 0 Å². The molecule has 306 valence electrons. The molecule has 0 saturated carbocycles. The van der Waals surface area contributed by atoms with Gasteiger partial charge in [0.2, 0.25) is 0 Å². The summed E-state index contributed by atoms with van der Waals surface area (Å²) >= 11 is -5.32. The molecule has 5 aromatic carbocycles. The molecule has 0 heterocycles. The van der Waals surface area contributed by atoms with Gasteiger partial charge >= 0.3 is 343 Å². The minimum atomic E-state index is -5.32. The summed E-state index contributed by atoms with van der Waals surface area (Å²) in [6, 6.07) is 43.2. The molecular formula is C55H68Cl2Zr. The molecule has 0 N–H and O–H groups in total. The van der Waals surface area contributed by atoms with E-state index in [-0.39, 0.29) is 52.4 Å². The topological polar surface area (TPSA) is 0 Å². The first-order valence-electron chi connectivity index (χ1n) is 21.0. The molecule has 0 bridgehead atoms. The Morgan fingerprint density at radius 2 is 1.02 bits per heavy atom. The summed E-state index contributed by atoms with van der Waals surface area (Å²) in [7, 11) is 0. The van der Waals surface area contributed by atoms with Gasteiger partial charge in [0, 0.05) is 0 Å². The van der Waals surface area contributed by atoms with Crippen LogP contribution in [-0.2, 0) is 46.4 Å². The molecule has 3 heteroatoms. The van der Waals surface area contributed by atoms with Crippen LogP contribution < -0.4 is 9.81 Å². The van der Waals surface area contributed by atoms with Crippen LogP contribution in [0.2, 0.25) is 0 Å². The third kappa shape index (κ3) is 7.39. The summed E-state index contributed by atoms with van der Waals surface area (Å²) in [5, 5.41) is 0. The second-order valence-electron chi connectivity index (χ2n) is 21.4. The number of allylic oxidation sites excluding steroid dienone is 4. The summed E-state index contributed by atoms with van der Waals surface area (Å²) in [4.78, 5) is 0. The number of benzene rings is 5. The van der Waals surface area contributed by atoms with Gasteiger partial charge in [-0.1, -0.05) is 0 Å². The molecule has 0 spiro atoms. The van der Waals surface area contributed by atoms with E-state index in [0.717, 1.165) is 6.42 Å². The molecule has 0 aliphatic heterocycles. The molecule has 0 radical (unpaired) electrons. The van der Waals surface area contributed by atoms with Crippen molar-refractivity contribution in [3.8, 4) is 11.1 Å². The standard InChI is InChI=1S/C21H25.C13H13.2C10H13.CH2.2ClH.Zr/c1-20(2,3)16-7-9-18-14(12-16)11-15-13-17(21(4,5)6)8-10-19(15)18;1-10-8-11(2)13(9-10)12-6-4-3-5-7-12;2*1-10(2,3)9-7-5-4-6-8-9;;;;/h7-10,12H,11H2,1-6H3;3-7,9-10H,1-2H3;2*5-8H,1-3H3;1H2;2*1H;. The predicted molar refractivity (Wildman–Crippen MR) is 259 cm³/mol. The van der Waals surface area contributed by atoms with Gasteiger partial charge in [0.25, 0.3) is 0 Å². The molecule has 5 aromatic rings. The van der Waals surface area contributed by atoms with E-state index >= 15 is 0 Å². The zero-order chi connectivity index (χ0) is 40.8. The van der Waals surface area contributed by atoms with Gasteiger partial charge in [-0.05, 0) is 0 Å². The van der Waals surface area contributed by atoms with Crippen molar-refractivity contribution in [1.29, 1.82) is 0 Å². The summed E-state index contributed by atoms with van der Waals surface area (Å²) in [5.74, 6) is 0.206. The number of fused-ring (bicyclic) bond motifs is 3. The second-order valence-corrected chi connectivity index (χ2v) is 34.0. The van der Waals surface area contributed by atoms with Crippen molar-refractivity contribution in [2.75, 3.05) is 0 Å². The van der Waals surface area contributed by atoms with Crippen LogP contribution in [0.25, 0.3) is 16.7 Å². The summed E-state index contributed by atoms with van der Waals surface area (Å²) < 4.78 is 12.1. The molecule has 58 heavy (non-hydrogen) atoms. The monoisotopic (exact) mass is 888 g/mol. The van der Waals surface area contributed by atoms with Crippen LogP contribution in [0.4, 0.5) is 0 Å². The maximum atomic E-state index is 6.10. The first-order chi connectivity index (χ1) is 26.0. The van der Waals surface area contributed by atoms with Crippen LogP contribution in [0.5, 0.6) is 0 Å². The Morgan fingerprint density at radius 3 is 1.48 bits per heavy atom. The van der Waals surface area contributed by atoms with Gasteiger partial charge < -0.3 is 0 Å². The normalized spacial score (nSPS) is 16.0. The Kier molecular flexibility index (Phi) is 12.2. The third-order valence-electron chi connectivity index (χ3n) is 13.4. The van der Waals surface area contributed by atoms with Gasteiger partial charge in [-0.2, -0.15) is 0 Å². The molecule has 2 aliphatic rings. The fourth-order valence-corrected chi connectivity index (χ4v) is 29.0. The quantitative estimate of drug-likeness (QED) is 0.162. The van der Waals surface area contributed by atoms with E-state index in [0.29, 0.717) is 0 Å². The van der Waals surface area contributed by atoms with Gasteiger partial charge in [-0.25, -0.2) is 0 Å². The molecule has 0 aromatic heterocycles. The molecular weight excluding hydrogens is 823 g/mol. The van der Waals surface area contributed by atoms with Crippen LogP contribution in [0.1, 0.15) is 136 Å². The van der Waals surface area contributed by atoms with Crippen molar-refractivity contribution in [2.45, 2.75) is 125 Å². The number of hydrogen-bond donors (Lipinski definition) is 0. The molecule has 0 fully saturated rings. The fraction of sp³-hybridized carbons (Fsp3) is 0.364. The molecule has 7 rings (SSSR count). The second kappa shape index (κ2) is 15.4. The SMILES string of the molecule is Cl.Cl.[CH2]=[Zr]([C]1=C(C)C(c2ccccc2)=CC1C)([c]1ccc(C(C)(C)C)cc1)([c]1ccc(C(C)(C)C)cc1)[c]1c(C(C)(C)C)ccc2c1Cc1cc(C(C)(C)C)ccc1-2. The average molecular weight is 891 g/mol. The van der Waals surface area contributed by atoms with E-state index in [1.54, 1.807) is 6.55 Å². The van der Waals surface area contributed by atoms with Crippen molar-refractivity contribution in [3.63, 3.8) is 0 Å². The Morgan fingerprint density at radius 1 is 0.552 bits per heavy atom. The van der Waals surface area contributed by atoms with Crippen LogP contribution in [0, 0.1) is 5.92 Å². The Bertz CT molecular complexity index is 2400. The first kappa shape index (κ1) is 46.0. The Labute approximate surface area is 365 Å². The van der Waals surface area contributed by atoms with E-state index in [2.05, 4.69) is 212 Å². The number of rotatable bonds is 5. The van der Waals surface area contributed by atoms with Gasteiger partial charge in [0.15, 0.2) is 0 Å². The Hall–Kier alpha value is -3.09. The van der Waals surface area contributed by atoms with E-state index in [1.165, 1.54) is 67.8 Å². The molecule has 1 atom stereocenters. The van der Waals surface area contributed by atoms with Crippen LogP contribution >= 0.6 is 24.8 Å². The Balaban J connectivity index is 0.00000320. The molecule has 2 aliphatic carbocycles. The molecule has 0 saturated heterocycles. The fourth-order valence-electron chi connectivity index (χ4n) is 10.4. The molecule has 1 unspecified atom stereocenters. The van der Waals surface area contributed by atoms with Crippen LogP contribution in [0.15, 0.2) is 124 Å². The predicted octanol–water partition coefficient (Wildman–Crippen LogP) is 13.7. The van der Waals surface area contributed by atoms with Crippen molar-refractivity contribution in [1.82, 2.24) is 0 Å². The van der Waals surface area contributed by atoms with Gasteiger partial charge in [0.05, 0.1) is 0 Å². The summed E-state index contributed by atoms with van der Waals surface area (Å²) in [5.41, 5.74) is 15.4. The summed E-state index contributed by atoms with van der Waals surface area (Å²) in [6.07, 6.45) is 3.49. The van der Waals surface area contributed by atoms with E-state index in [9.17, 15) is 0 Å². The third-order valence-corrected chi connectivity index (χ3v) is 30.4. The van der Waals surface area contributed by atoms with E-state index in [4.69, 9.17) is 4.21 Å². The van der Waals surface area contributed by atoms with Crippen molar-refractivity contribution in [3.05, 3.63) is 163 Å². The first-order valence-corrected chi connectivity index (χ1v) is 27.7. The van der Waals surface area contributed by atoms with Crippen molar-refractivity contribution >= 4 is 44.4 Å². The maximum absolute atomic E-state index is 6.10. The molecule has 0 amide bonds. The van der Waals surface area contributed by atoms with Gasteiger partial charge in [-0.15, -0.1) is 24.8 Å². The minimum absolute atomic E-state index is 0. The van der Waals surface area contributed by atoms with E-state index in [1.807, 2.05) is 0 Å². The van der Waals surface area contributed by atoms with Crippen LogP contribution in [-0.4, -0.2) is 4.21 Å². The zero-order valence-corrected chi connectivity index (χ0v) is 41.9. The van der Waals surface area contributed by atoms with E-state index < -0.39 is 18.3 Å². The van der Waals surface area contributed by atoms with Crippen molar-refractivity contribution < 1.29 is 18.3 Å². The van der Waals surface area contributed by atoms with Gasteiger partial charge in [0.1, 0.15) is 0 Å². The molecule has 0 nitrogen and oxygen atoms in total. The van der Waals surface area contributed by atoms with Crippen molar-refractivity contribution in [2.24, 2.45) is 5.92 Å². The van der Waals surface area contributed by atoms with Gasteiger partial charge in [-0.3, -0.25) is 0 Å². The zero-order valence-electron chi connectivity index (χ0n) is 37.8.